The minimum atomic E-state index is -2.54. The molecule has 6 nitrogen and oxygen atoms in total. The van der Waals surface area contributed by atoms with Crippen molar-refractivity contribution in [3.8, 4) is 5.75 Å². The molecule has 0 bridgehead atoms. The lowest BCUT2D eigenvalue weighted by atomic mass is 9.83. The Bertz CT molecular complexity index is 1280. The van der Waals surface area contributed by atoms with Crippen LogP contribution in [0, 0.1) is 17.7 Å². The van der Waals surface area contributed by atoms with Crippen molar-refractivity contribution in [2.45, 2.75) is 69.9 Å². The summed E-state index contributed by atoms with van der Waals surface area (Å²) in [6.07, 6.45) is 2.00. The van der Waals surface area contributed by atoms with E-state index in [1.165, 1.54) is 18.7 Å². The van der Waals surface area contributed by atoms with Crippen molar-refractivity contribution in [2.24, 2.45) is 11.8 Å². The number of likely N-dealkylation sites (tertiary alicyclic amines) is 1. The Morgan fingerprint density at radius 1 is 1.05 bits per heavy atom. The first-order chi connectivity index (χ1) is 20.7. The van der Waals surface area contributed by atoms with Gasteiger partial charge in [0.15, 0.2) is 0 Å². The number of nitrogens with zero attached hydrogens (tertiary/aromatic N) is 3. The molecule has 1 aliphatic carbocycles. The minimum Gasteiger partial charge on any atom is -0.497 e. The van der Waals surface area contributed by atoms with Gasteiger partial charge in [-0.25, -0.2) is 13.2 Å². The number of amides is 1. The molecule has 0 spiro atoms. The van der Waals surface area contributed by atoms with Gasteiger partial charge in [-0.05, 0) is 70.0 Å². The highest BCUT2D eigenvalue weighted by atomic mass is 35.5. The van der Waals surface area contributed by atoms with E-state index in [0.29, 0.717) is 43.3 Å². The number of aldehydes is 1. The number of hydrogen-bond donors (Lipinski definition) is 0. The quantitative estimate of drug-likeness (QED) is 0.337. The normalized spacial score (nSPS) is 24.8. The second-order valence-electron chi connectivity index (χ2n) is 13.4. The average molecular weight is 636 g/mol. The Labute approximate surface area is 264 Å². The number of ether oxygens (including phenoxy) is 1. The topological polar surface area (TPSA) is 53.1 Å². The molecular formula is C34H45ClF3N3O3. The van der Waals surface area contributed by atoms with Gasteiger partial charge in [-0.3, -0.25) is 14.6 Å². The number of likely N-dealkylation sites (N-methyl/N-ethyl adjacent to an activating group) is 1. The maximum Gasteiger partial charge on any atom is 0.249 e. The van der Waals surface area contributed by atoms with E-state index in [4.69, 9.17) is 16.3 Å². The Kier molecular flexibility index (Phi) is 11.1. The van der Waals surface area contributed by atoms with Crippen LogP contribution in [0.25, 0.3) is 0 Å². The summed E-state index contributed by atoms with van der Waals surface area (Å²) in [4.78, 5) is 30.4. The summed E-state index contributed by atoms with van der Waals surface area (Å²) in [5.41, 5.74) is 1.76. The van der Waals surface area contributed by atoms with Crippen LogP contribution in [-0.2, 0) is 9.59 Å². The molecule has 3 atom stereocenters. The predicted molar refractivity (Wildman–Crippen MR) is 167 cm³/mol. The molecule has 2 heterocycles. The van der Waals surface area contributed by atoms with Crippen molar-refractivity contribution >= 4 is 23.8 Å². The smallest absolute Gasteiger partial charge is 0.249 e. The summed E-state index contributed by atoms with van der Waals surface area (Å²) < 4.78 is 44.0. The zero-order chi connectivity index (χ0) is 32.2. The summed E-state index contributed by atoms with van der Waals surface area (Å²) in [6.45, 7) is 9.95. The average Bonchev–Trinajstić information content (AvgIpc) is 3.41. The highest BCUT2D eigenvalue weighted by molar-refractivity contribution is 6.30. The van der Waals surface area contributed by atoms with Crippen molar-refractivity contribution in [1.29, 1.82) is 0 Å². The Balaban J connectivity index is 0.000000479. The molecule has 10 heteroatoms. The molecule has 0 N–H and O–H groups in total. The molecule has 5 rings (SSSR count). The van der Waals surface area contributed by atoms with Crippen molar-refractivity contribution in [3.63, 3.8) is 0 Å². The molecule has 2 saturated heterocycles. The number of hydrogen-bond acceptors (Lipinski definition) is 5. The minimum absolute atomic E-state index is 0.0987. The monoisotopic (exact) mass is 635 g/mol. The highest BCUT2D eigenvalue weighted by Gasteiger charge is 2.45. The van der Waals surface area contributed by atoms with Gasteiger partial charge >= 0.3 is 0 Å². The summed E-state index contributed by atoms with van der Waals surface area (Å²) >= 11 is 6.09. The lowest BCUT2D eigenvalue weighted by molar-refractivity contribution is -0.137. The van der Waals surface area contributed by atoms with Gasteiger partial charge < -0.3 is 14.4 Å². The van der Waals surface area contributed by atoms with E-state index in [-0.39, 0.29) is 47.9 Å². The van der Waals surface area contributed by atoms with E-state index in [9.17, 15) is 18.4 Å². The number of alkyl halides is 2. The summed E-state index contributed by atoms with van der Waals surface area (Å²) in [7, 11) is 3.66. The molecule has 44 heavy (non-hydrogen) atoms. The number of carbonyl (C=O) groups excluding carboxylic acids is 2. The van der Waals surface area contributed by atoms with Crippen LogP contribution in [0.3, 0.4) is 0 Å². The van der Waals surface area contributed by atoms with E-state index in [1.54, 1.807) is 12.1 Å². The fraction of sp³-hybridized carbons (Fsp3) is 0.588. The molecule has 3 aliphatic rings. The van der Waals surface area contributed by atoms with Gasteiger partial charge in [-0.2, -0.15) is 0 Å². The number of carbonyl (C=O) groups is 2. The van der Waals surface area contributed by atoms with E-state index >= 15 is 4.39 Å². The molecule has 2 unspecified atom stereocenters. The first kappa shape index (κ1) is 34.3. The molecule has 1 amide bonds. The molecule has 242 valence electrons. The van der Waals surface area contributed by atoms with Crippen LogP contribution in [0.4, 0.5) is 13.2 Å². The maximum absolute atomic E-state index is 15.2. The second kappa shape index (κ2) is 14.2. The molecule has 2 aliphatic heterocycles. The van der Waals surface area contributed by atoms with Gasteiger partial charge in [-0.1, -0.05) is 29.8 Å². The zero-order valence-corrected chi connectivity index (χ0v) is 27.1. The van der Waals surface area contributed by atoms with Crippen LogP contribution in [0.1, 0.15) is 69.5 Å². The van der Waals surface area contributed by atoms with Crippen molar-refractivity contribution in [3.05, 3.63) is 64.4 Å². The number of rotatable bonds is 5. The maximum atomic E-state index is 15.2. The third kappa shape index (κ3) is 8.34. The lowest BCUT2D eigenvalue weighted by Crippen LogP contribution is -2.46. The third-order valence-corrected chi connectivity index (χ3v) is 9.49. The standard InChI is InChI=1S/C29H39ClFN3O2.C5H6F2O/c1-29(2,3)34-18-24(23-13-12-22(36-5)17-26(23)31)25(19-34)28(35)33-14-6-7-27(32(4)15-16-33)20-8-10-21(30)11-9-20;6-5(7)1-4(2-5)3-8/h8-13,17,24-25,27H,6-7,14-16,18-19H2,1-5H3;3-4H,1-2H2/t24-,25?,27?;/m0./s1. The van der Waals surface area contributed by atoms with Crippen molar-refractivity contribution < 1.29 is 27.5 Å². The van der Waals surface area contributed by atoms with E-state index in [1.807, 2.05) is 17.0 Å². The Hall–Kier alpha value is -2.62. The van der Waals surface area contributed by atoms with Gasteiger partial charge in [0, 0.05) is 80.1 Å². The molecule has 0 radical (unpaired) electrons. The van der Waals surface area contributed by atoms with E-state index in [0.717, 1.165) is 31.0 Å². The molecule has 2 aromatic rings. The van der Waals surface area contributed by atoms with Crippen LogP contribution in [0.5, 0.6) is 5.75 Å². The van der Waals surface area contributed by atoms with Crippen molar-refractivity contribution in [1.82, 2.24) is 14.7 Å². The van der Waals surface area contributed by atoms with Crippen LogP contribution >= 0.6 is 11.6 Å². The molecular weight excluding hydrogens is 591 g/mol. The Morgan fingerprint density at radius 3 is 2.27 bits per heavy atom. The predicted octanol–water partition coefficient (Wildman–Crippen LogP) is 6.83. The lowest BCUT2D eigenvalue weighted by Gasteiger charge is -2.36. The molecule has 0 aromatic heterocycles. The second-order valence-corrected chi connectivity index (χ2v) is 13.8. The highest BCUT2D eigenvalue weighted by Crippen LogP contribution is 2.41. The van der Waals surface area contributed by atoms with Gasteiger partial charge in [0.25, 0.3) is 0 Å². The van der Waals surface area contributed by atoms with Crippen LogP contribution in [0.2, 0.25) is 5.02 Å². The van der Waals surface area contributed by atoms with Crippen LogP contribution in [-0.4, -0.2) is 85.2 Å². The number of benzene rings is 2. The van der Waals surface area contributed by atoms with Crippen LogP contribution < -0.4 is 4.74 Å². The SMILES string of the molecule is COc1ccc([C@@H]2CN(C(C)(C)C)CC2C(=O)N2CCCC(c3ccc(Cl)cc3)N(C)CC2)c(F)c1.O=CC1CC(F)(F)C1. The van der Waals surface area contributed by atoms with Gasteiger partial charge in [0.1, 0.15) is 17.9 Å². The zero-order valence-electron chi connectivity index (χ0n) is 26.4. The fourth-order valence-electron chi connectivity index (χ4n) is 6.46. The van der Waals surface area contributed by atoms with Gasteiger partial charge in [0.2, 0.25) is 11.8 Å². The molecule has 3 fully saturated rings. The first-order valence-electron chi connectivity index (χ1n) is 15.4. The molecule has 2 aromatic carbocycles. The van der Waals surface area contributed by atoms with Crippen molar-refractivity contribution in [2.75, 3.05) is 46.9 Å². The van der Waals surface area contributed by atoms with E-state index in [2.05, 4.69) is 49.8 Å². The summed E-state index contributed by atoms with van der Waals surface area (Å²) in [5.74, 6) is -3.04. The van der Waals surface area contributed by atoms with Gasteiger partial charge in [0.05, 0.1) is 13.0 Å². The summed E-state index contributed by atoms with van der Waals surface area (Å²) in [5, 5.41) is 0.743. The largest absolute Gasteiger partial charge is 0.497 e. The fourth-order valence-corrected chi connectivity index (χ4v) is 6.58. The Morgan fingerprint density at radius 2 is 1.73 bits per heavy atom. The summed E-state index contributed by atoms with van der Waals surface area (Å²) in [6, 6.07) is 13.4. The third-order valence-electron chi connectivity index (χ3n) is 9.23. The van der Waals surface area contributed by atoms with Gasteiger partial charge in [-0.15, -0.1) is 0 Å². The first-order valence-corrected chi connectivity index (χ1v) is 15.8. The van der Waals surface area contributed by atoms with E-state index < -0.39 is 5.92 Å². The number of methoxy groups -OCH3 is 1. The number of halogens is 4. The molecule has 1 saturated carbocycles. The van der Waals surface area contributed by atoms with Crippen LogP contribution in [0.15, 0.2) is 42.5 Å².